The predicted molar refractivity (Wildman–Crippen MR) is 75.4 cm³/mol. The smallest absolute Gasteiger partial charge is 0.208 e. The van der Waals surface area contributed by atoms with Gasteiger partial charge in [-0.25, -0.2) is 0 Å². The van der Waals surface area contributed by atoms with E-state index in [1.54, 1.807) is 0 Å². The van der Waals surface area contributed by atoms with Crippen LogP contribution in [-0.2, 0) is 4.79 Å². The number of ketones is 1. The molecule has 1 rings (SSSR count). The topological polar surface area (TPSA) is 17.1 Å². The zero-order valence-corrected chi connectivity index (χ0v) is 15.2. The van der Waals surface area contributed by atoms with Crippen molar-refractivity contribution < 1.29 is 4.79 Å². The van der Waals surface area contributed by atoms with E-state index in [9.17, 15) is 4.79 Å². The summed E-state index contributed by atoms with van der Waals surface area (Å²) in [6, 6.07) is 0. The largest absolute Gasteiger partial charge is 0.287 e. The predicted octanol–water partition coefficient (Wildman–Crippen LogP) is 5.06. The van der Waals surface area contributed by atoms with Crippen molar-refractivity contribution in [2.75, 3.05) is 0 Å². The molecule has 0 amide bonds. The summed E-state index contributed by atoms with van der Waals surface area (Å²) in [5.41, 5.74) is 0. The molecule has 0 aliphatic heterocycles. The molecular weight excluding hydrogens is 567 g/mol. The first-order valence-electron chi connectivity index (χ1n) is 2.84. The van der Waals surface area contributed by atoms with E-state index in [0.29, 0.717) is 17.9 Å². The Labute approximate surface area is 126 Å². The van der Waals surface area contributed by atoms with Crippen molar-refractivity contribution in [1.29, 1.82) is 0 Å². The highest BCUT2D eigenvalue weighted by Gasteiger charge is 2.40. The number of Topliss-reactive ketones (excluding diaryl/α,β-unsaturated/α-hetero) is 1. The minimum absolute atomic E-state index is 0.103. The molecule has 0 fully saturated rings. The quantitative estimate of drug-likeness (QED) is 0.375. The molecule has 0 saturated carbocycles. The van der Waals surface area contributed by atoms with Gasteiger partial charge in [0.2, 0.25) is 5.78 Å². The van der Waals surface area contributed by atoms with Crippen molar-refractivity contribution in [3.8, 4) is 0 Å². The second-order valence-electron chi connectivity index (χ2n) is 2.16. The lowest BCUT2D eigenvalue weighted by Crippen LogP contribution is -2.22. The fraction of sp³-hybridized carbons (Fsp3) is 0.167. The maximum absolute atomic E-state index is 11.5. The monoisotopic (exact) mass is 562 g/mol. The summed E-state index contributed by atoms with van der Waals surface area (Å²) in [5.74, 6) is -0.103. The molecule has 13 heavy (non-hydrogen) atoms. The summed E-state index contributed by atoms with van der Waals surface area (Å²) in [5, 5.41) is 0. The SMILES string of the molecule is O=C1C(Br)=C(Br)C(Br)(Br)C(Br)=C1Br. The molecule has 0 heterocycles. The summed E-state index contributed by atoms with van der Waals surface area (Å²) < 4.78 is 1.78. The van der Waals surface area contributed by atoms with Crippen LogP contribution in [0.3, 0.4) is 0 Å². The Balaban J connectivity index is 3.39. The Bertz CT molecular complexity index is 309. The molecule has 0 atom stereocenters. The molecule has 0 spiro atoms. The highest BCUT2D eigenvalue weighted by Crippen LogP contribution is 2.54. The molecule has 0 aromatic heterocycles. The highest BCUT2D eigenvalue weighted by molar-refractivity contribution is 9.28. The van der Waals surface area contributed by atoms with Gasteiger partial charge < -0.3 is 0 Å². The number of carbonyl (C=O) groups is 1. The molecule has 0 saturated heterocycles. The Morgan fingerprint density at radius 1 is 0.846 bits per heavy atom. The van der Waals surface area contributed by atoms with Crippen LogP contribution in [0.15, 0.2) is 17.9 Å². The van der Waals surface area contributed by atoms with Gasteiger partial charge in [-0.1, -0.05) is 63.7 Å². The Morgan fingerprint density at radius 3 is 1.46 bits per heavy atom. The van der Waals surface area contributed by atoms with E-state index < -0.39 is 3.23 Å². The zero-order valence-electron chi connectivity index (χ0n) is 5.68. The first-order valence-corrected chi connectivity index (χ1v) is 7.60. The van der Waals surface area contributed by atoms with Crippen molar-refractivity contribution in [1.82, 2.24) is 0 Å². The van der Waals surface area contributed by atoms with E-state index >= 15 is 0 Å². The van der Waals surface area contributed by atoms with Gasteiger partial charge in [-0.05, 0) is 31.9 Å². The fourth-order valence-electron chi connectivity index (χ4n) is 0.668. The van der Waals surface area contributed by atoms with Crippen LogP contribution >= 0.6 is 95.6 Å². The van der Waals surface area contributed by atoms with Crippen LogP contribution in [0.25, 0.3) is 0 Å². The molecule has 0 aromatic carbocycles. The fourth-order valence-corrected chi connectivity index (χ4v) is 4.80. The van der Waals surface area contributed by atoms with E-state index in [2.05, 4.69) is 95.6 Å². The third kappa shape index (κ3) is 2.25. The molecule has 0 radical (unpaired) electrons. The molecular formula is C6Br6O. The molecule has 7 heteroatoms. The summed E-state index contributed by atoms with van der Waals surface area (Å²) >= 11 is 19.9. The Kier molecular flexibility index (Phi) is 4.52. The van der Waals surface area contributed by atoms with Crippen molar-refractivity contribution in [2.24, 2.45) is 0 Å². The van der Waals surface area contributed by atoms with Crippen molar-refractivity contribution in [3.05, 3.63) is 17.9 Å². The van der Waals surface area contributed by atoms with Crippen LogP contribution in [0.5, 0.6) is 0 Å². The Hall–Kier alpha value is 2.03. The molecule has 0 N–H and O–H groups in total. The second kappa shape index (κ2) is 4.49. The Morgan fingerprint density at radius 2 is 1.15 bits per heavy atom. The first-order chi connectivity index (χ1) is 5.80. The van der Waals surface area contributed by atoms with Gasteiger partial charge in [0.15, 0.2) is 0 Å². The lowest BCUT2D eigenvalue weighted by Gasteiger charge is -2.26. The summed E-state index contributed by atoms with van der Waals surface area (Å²) in [6.45, 7) is 0. The molecule has 0 bridgehead atoms. The number of halogens is 6. The molecule has 0 aromatic rings. The minimum atomic E-state index is -0.578. The van der Waals surface area contributed by atoms with E-state index in [1.165, 1.54) is 0 Å². The van der Waals surface area contributed by atoms with Gasteiger partial charge in [-0.3, -0.25) is 4.79 Å². The number of carbonyl (C=O) groups excluding carboxylic acids is 1. The highest BCUT2D eigenvalue weighted by atomic mass is 79.9. The van der Waals surface area contributed by atoms with Crippen LogP contribution in [0.1, 0.15) is 0 Å². The van der Waals surface area contributed by atoms with E-state index in [0.717, 1.165) is 0 Å². The average molecular weight is 567 g/mol. The zero-order chi connectivity index (χ0) is 10.4. The van der Waals surface area contributed by atoms with E-state index in [4.69, 9.17) is 0 Å². The van der Waals surface area contributed by atoms with Gasteiger partial charge >= 0.3 is 0 Å². The number of alkyl halides is 2. The number of hydrogen-bond acceptors (Lipinski definition) is 1. The molecule has 1 aliphatic carbocycles. The van der Waals surface area contributed by atoms with Crippen LogP contribution < -0.4 is 0 Å². The van der Waals surface area contributed by atoms with Crippen LogP contribution in [0.4, 0.5) is 0 Å². The molecule has 0 unspecified atom stereocenters. The third-order valence-electron chi connectivity index (χ3n) is 1.34. The summed E-state index contributed by atoms with van der Waals surface area (Å²) in [6.07, 6.45) is 0. The maximum Gasteiger partial charge on any atom is 0.208 e. The lowest BCUT2D eigenvalue weighted by atomic mass is 10.2. The van der Waals surface area contributed by atoms with Gasteiger partial charge in [-0.2, -0.15) is 0 Å². The van der Waals surface area contributed by atoms with Crippen molar-refractivity contribution >= 4 is 101 Å². The van der Waals surface area contributed by atoms with Crippen molar-refractivity contribution in [2.45, 2.75) is 3.23 Å². The van der Waals surface area contributed by atoms with Gasteiger partial charge in [0, 0.05) is 8.96 Å². The van der Waals surface area contributed by atoms with Gasteiger partial charge in [-0.15, -0.1) is 0 Å². The van der Waals surface area contributed by atoms with Crippen LogP contribution in [0, 0.1) is 0 Å². The van der Waals surface area contributed by atoms with Crippen molar-refractivity contribution in [3.63, 3.8) is 0 Å². The second-order valence-corrected chi connectivity index (χ2v) is 8.77. The molecule has 1 aliphatic rings. The minimum Gasteiger partial charge on any atom is -0.287 e. The first kappa shape index (κ1) is 13.1. The normalized spacial score (nSPS) is 22.8. The van der Waals surface area contributed by atoms with Gasteiger partial charge in [0.1, 0.15) is 3.23 Å². The average Bonchev–Trinajstić information content (AvgIpc) is 2.09. The molecule has 72 valence electrons. The third-order valence-corrected chi connectivity index (χ3v) is 9.61. The summed E-state index contributed by atoms with van der Waals surface area (Å²) in [4.78, 5) is 11.5. The van der Waals surface area contributed by atoms with Gasteiger partial charge in [0.25, 0.3) is 0 Å². The van der Waals surface area contributed by atoms with Gasteiger partial charge in [0.05, 0.1) is 8.96 Å². The number of rotatable bonds is 0. The lowest BCUT2D eigenvalue weighted by molar-refractivity contribution is -0.111. The number of allylic oxidation sites excluding steroid dienone is 4. The summed E-state index contributed by atoms with van der Waals surface area (Å²) in [7, 11) is 0. The maximum atomic E-state index is 11.5. The van der Waals surface area contributed by atoms with Crippen LogP contribution in [-0.4, -0.2) is 9.02 Å². The standard InChI is InChI=1S/C6Br6O/c7-1-3(13)2(8)5(10)6(11,12)4(1)9. The van der Waals surface area contributed by atoms with Crippen LogP contribution in [0.2, 0.25) is 0 Å². The molecule has 1 nitrogen and oxygen atoms in total. The van der Waals surface area contributed by atoms with E-state index in [1.807, 2.05) is 0 Å². The number of hydrogen-bond donors (Lipinski definition) is 0. The van der Waals surface area contributed by atoms with E-state index in [-0.39, 0.29) is 5.78 Å².